The van der Waals surface area contributed by atoms with Crippen molar-refractivity contribution in [1.82, 2.24) is 0 Å². The molecule has 0 aliphatic rings. The molecule has 0 heterocycles. The molecule has 0 atom stereocenters. The minimum absolute atomic E-state index is 0.0653. The predicted octanol–water partition coefficient (Wildman–Crippen LogP) is 4.44. The van der Waals surface area contributed by atoms with Gasteiger partial charge in [0.05, 0.1) is 0 Å². The number of hydrogen-bond acceptors (Lipinski definition) is 2. The average molecular weight is 282 g/mol. The van der Waals surface area contributed by atoms with Crippen LogP contribution in [0.2, 0.25) is 0 Å². The van der Waals surface area contributed by atoms with Crippen molar-refractivity contribution in [3.8, 4) is 5.75 Å². The molecule has 0 aromatic heterocycles. The molecule has 0 saturated carbocycles. The lowest BCUT2D eigenvalue weighted by Gasteiger charge is -2.19. The Morgan fingerprint density at radius 3 is 2.67 bits per heavy atom. The molecule has 0 bridgehead atoms. The third-order valence-corrected chi connectivity index (χ3v) is 3.95. The summed E-state index contributed by atoms with van der Waals surface area (Å²) < 4.78 is 0. The Balaban J connectivity index is 2.34. The summed E-state index contributed by atoms with van der Waals surface area (Å²) in [5.74, 6) is 0.226. The van der Waals surface area contributed by atoms with E-state index in [1.54, 1.807) is 12.1 Å². The van der Waals surface area contributed by atoms with Crippen molar-refractivity contribution in [2.45, 2.75) is 33.1 Å². The fraction of sp³-hybridized carbons (Fsp3) is 0.316. The Morgan fingerprint density at radius 2 is 1.95 bits per heavy atom. The molecule has 21 heavy (non-hydrogen) atoms. The van der Waals surface area contributed by atoms with E-state index >= 15 is 0 Å². The lowest BCUT2D eigenvalue weighted by Crippen LogP contribution is -2.07. The van der Waals surface area contributed by atoms with Gasteiger partial charge in [0.25, 0.3) is 0 Å². The monoisotopic (exact) mass is 282 g/mol. The number of fused-ring (bicyclic) bond motifs is 1. The van der Waals surface area contributed by atoms with Gasteiger partial charge < -0.3 is 5.11 Å². The van der Waals surface area contributed by atoms with Gasteiger partial charge in [0, 0.05) is 5.39 Å². The zero-order valence-electron chi connectivity index (χ0n) is 12.7. The zero-order chi connectivity index (χ0) is 15.5. The third kappa shape index (κ3) is 3.72. The van der Waals surface area contributed by atoms with Gasteiger partial charge in [-0.05, 0) is 47.8 Å². The zero-order valence-corrected chi connectivity index (χ0v) is 12.7. The lowest BCUT2D eigenvalue weighted by atomic mass is 9.87. The number of rotatable bonds is 5. The first-order valence-corrected chi connectivity index (χ1v) is 7.31. The van der Waals surface area contributed by atoms with Crippen LogP contribution in [0.4, 0.5) is 0 Å². The number of hydrogen-bond donors (Lipinski definition) is 1. The molecule has 2 nitrogen and oxygen atoms in total. The topological polar surface area (TPSA) is 37.3 Å². The molecular weight excluding hydrogens is 260 g/mol. The molecule has 2 rings (SSSR count). The second kappa shape index (κ2) is 6.13. The molecule has 1 N–H and O–H groups in total. The van der Waals surface area contributed by atoms with E-state index in [0.29, 0.717) is 6.42 Å². The first-order valence-electron chi connectivity index (χ1n) is 7.31. The Morgan fingerprint density at radius 1 is 1.24 bits per heavy atom. The van der Waals surface area contributed by atoms with Crippen molar-refractivity contribution in [2.24, 2.45) is 5.41 Å². The van der Waals surface area contributed by atoms with Gasteiger partial charge in [0.2, 0.25) is 0 Å². The maximum Gasteiger partial charge on any atom is 0.179 e. The van der Waals surface area contributed by atoms with Gasteiger partial charge in [-0.2, -0.15) is 0 Å². The van der Waals surface area contributed by atoms with Gasteiger partial charge in [0.15, 0.2) is 5.43 Å². The summed E-state index contributed by atoms with van der Waals surface area (Å²) in [5, 5.41) is 12.0. The smallest absolute Gasteiger partial charge is 0.179 e. The molecule has 0 saturated heterocycles. The lowest BCUT2D eigenvalue weighted by molar-refractivity contribution is 0.418. The van der Waals surface area contributed by atoms with Crippen LogP contribution in [0, 0.1) is 5.41 Å². The van der Waals surface area contributed by atoms with Gasteiger partial charge >= 0.3 is 0 Å². The van der Waals surface area contributed by atoms with Crippen LogP contribution in [0.3, 0.4) is 0 Å². The van der Waals surface area contributed by atoms with Crippen molar-refractivity contribution >= 4 is 10.8 Å². The normalized spacial score (nSPS) is 11.5. The molecule has 0 aliphatic heterocycles. The average Bonchev–Trinajstić information content (AvgIpc) is 2.57. The van der Waals surface area contributed by atoms with Crippen LogP contribution in [-0.4, -0.2) is 5.11 Å². The van der Waals surface area contributed by atoms with E-state index in [1.807, 2.05) is 30.3 Å². The van der Waals surface area contributed by atoms with Gasteiger partial charge in [-0.3, -0.25) is 4.79 Å². The van der Waals surface area contributed by atoms with Crippen LogP contribution >= 0.6 is 0 Å². The second-order valence-corrected chi connectivity index (χ2v) is 6.20. The Bertz CT molecular complexity index is 714. The van der Waals surface area contributed by atoms with E-state index in [4.69, 9.17) is 0 Å². The van der Waals surface area contributed by atoms with Crippen LogP contribution < -0.4 is 5.43 Å². The highest BCUT2D eigenvalue weighted by atomic mass is 16.3. The minimum Gasteiger partial charge on any atom is -0.507 e. The highest BCUT2D eigenvalue weighted by molar-refractivity contribution is 5.88. The molecular formula is C19H22O2. The molecule has 2 aromatic rings. The van der Waals surface area contributed by atoms with Crippen molar-refractivity contribution in [1.29, 1.82) is 0 Å². The van der Waals surface area contributed by atoms with E-state index in [1.165, 1.54) is 0 Å². The van der Waals surface area contributed by atoms with E-state index < -0.39 is 0 Å². The fourth-order valence-corrected chi connectivity index (χ4v) is 2.47. The first kappa shape index (κ1) is 15.3. The van der Waals surface area contributed by atoms with E-state index in [9.17, 15) is 9.90 Å². The summed E-state index contributed by atoms with van der Waals surface area (Å²) in [6, 6.07) is 10.6. The molecule has 110 valence electrons. The van der Waals surface area contributed by atoms with Crippen molar-refractivity contribution < 1.29 is 5.11 Å². The molecule has 0 fully saturated rings. The maximum atomic E-state index is 11.9. The largest absolute Gasteiger partial charge is 0.507 e. The van der Waals surface area contributed by atoms with Gasteiger partial charge in [-0.25, -0.2) is 0 Å². The first-order chi connectivity index (χ1) is 9.93. The van der Waals surface area contributed by atoms with Crippen LogP contribution in [0.5, 0.6) is 5.75 Å². The minimum atomic E-state index is -0.0653. The van der Waals surface area contributed by atoms with Gasteiger partial charge in [-0.1, -0.05) is 44.2 Å². The summed E-state index contributed by atoms with van der Waals surface area (Å²) in [6.45, 7) is 8.12. The molecule has 0 aliphatic carbocycles. The second-order valence-electron chi connectivity index (χ2n) is 6.20. The highest BCUT2D eigenvalue weighted by Gasteiger charge is 2.13. The van der Waals surface area contributed by atoms with E-state index in [2.05, 4.69) is 20.4 Å². The summed E-state index contributed by atoms with van der Waals surface area (Å²) in [7, 11) is 0. The standard InChI is InChI=1S/C19H22O2/c1-4-19(2,3)11-7-9-15-13-16(20)12-14-8-5-6-10-17(14)18(15)21/h4-6,8,10,12-13,21H,1,7,9,11H2,2-3H3. The van der Waals surface area contributed by atoms with Crippen LogP contribution in [-0.2, 0) is 6.42 Å². The Kier molecular flexibility index (Phi) is 4.46. The highest BCUT2D eigenvalue weighted by Crippen LogP contribution is 2.29. The Hall–Kier alpha value is -2.09. The van der Waals surface area contributed by atoms with Crippen LogP contribution in [0.15, 0.2) is 53.8 Å². The molecule has 0 amide bonds. The number of aryl methyl sites for hydroxylation is 1. The van der Waals surface area contributed by atoms with Gasteiger partial charge in [0.1, 0.15) is 5.75 Å². The number of benzene rings is 1. The molecule has 0 unspecified atom stereocenters. The fourth-order valence-electron chi connectivity index (χ4n) is 2.47. The summed E-state index contributed by atoms with van der Waals surface area (Å²) in [6.07, 6.45) is 4.52. The molecule has 0 radical (unpaired) electrons. The Labute approximate surface area is 125 Å². The number of allylic oxidation sites excluding steroid dienone is 1. The number of aromatic hydroxyl groups is 1. The predicted molar refractivity (Wildman–Crippen MR) is 88.8 cm³/mol. The molecule has 2 aromatic carbocycles. The SMILES string of the molecule is C=CC(C)(C)CCCc1cc(=O)cc2ccccc2c1O. The quantitative estimate of drug-likeness (QED) is 0.823. The summed E-state index contributed by atoms with van der Waals surface area (Å²) >= 11 is 0. The maximum absolute atomic E-state index is 11.9. The van der Waals surface area contributed by atoms with Crippen molar-refractivity contribution in [2.75, 3.05) is 0 Å². The van der Waals surface area contributed by atoms with E-state index in [0.717, 1.165) is 29.2 Å². The summed E-state index contributed by atoms with van der Waals surface area (Å²) in [5.41, 5.74) is 0.736. The van der Waals surface area contributed by atoms with Gasteiger partial charge in [-0.15, -0.1) is 6.58 Å². The third-order valence-electron chi connectivity index (χ3n) is 3.95. The van der Waals surface area contributed by atoms with E-state index in [-0.39, 0.29) is 16.6 Å². The van der Waals surface area contributed by atoms with Crippen LogP contribution in [0.25, 0.3) is 10.8 Å². The van der Waals surface area contributed by atoms with Crippen LogP contribution in [0.1, 0.15) is 32.3 Å². The molecule has 0 spiro atoms. The summed E-state index contributed by atoms with van der Waals surface area (Å²) in [4.78, 5) is 11.9. The van der Waals surface area contributed by atoms with Crippen molar-refractivity contribution in [3.05, 3.63) is 64.8 Å². The van der Waals surface area contributed by atoms with Crippen molar-refractivity contribution in [3.63, 3.8) is 0 Å². The molecule has 2 heteroatoms.